The van der Waals surface area contributed by atoms with Gasteiger partial charge in [-0.1, -0.05) is 31.8 Å². The molecule has 0 saturated heterocycles. The number of rotatable bonds is 5. The van der Waals surface area contributed by atoms with E-state index in [1.807, 2.05) is 0 Å². The molecule has 0 bridgehead atoms. The zero-order valence-electron chi connectivity index (χ0n) is 8.21. The van der Waals surface area contributed by atoms with Crippen LogP contribution in [0.3, 0.4) is 0 Å². The fourth-order valence-corrected chi connectivity index (χ4v) is 1.85. The van der Waals surface area contributed by atoms with Crippen LogP contribution in [0.4, 0.5) is 0 Å². The van der Waals surface area contributed by atoms with E-state index < -0.39 is 5.97 Å². The Balaban J connectivity index is 2.08. The summed E-state index contributed by atoms with van der Waals surface area (Å²) in [5, 5.41) is 10.2. The number of carboxylic acids is 1. The summed E-state index contributed by atoms with van der Waals surface area (Å²) in [4.78, 5) is 10.2. The quantitative estimate of drug-likeness (QED) is 0.478. The Labute approximate surface area is 79.6 Å². The van der Waals surface area contributed by atoms with Gasteiger partial charge in [-0.2, -0.15) is 0 Å². The van der Waals surface area contributed by atoms with Gasteiger partial charge in [0.1, 0.15) is 0 Å². The second kappa shape index (κ2) is 5.05. The highest BCUT2D eigenvalue weighted by molar-refractivity contribution is 5.78. The molecule has 1 saturated carbocycles. The van der Waals surface area contributed by atoms with Gasteiger partial charge >= 0.3 is 0 Å². The van der Waals surface area contributed by atoms with Gasteiger partial charge in [-0.25, -0.2) is 0 Å². The first kappa shape index (κ1) is 10.3. The van der Waals surface area contributed by atoms with Crippen molar-refractivity contribution in [3.8, 4) is 0 Å². The topological polar surface area (TPSA) is 40.1 Å². The summed E-state index contributed by atoms with van der Waals surface area (Å²) in [6.07, 6.45) is 8.34. The van der Waals surface area contributed by atoms with Crippen molar-refractivity contribution in [2.24, 2.45) is 5.92 Å². The van der Waals surface area contributed by atoms with Gasteiger partial charge in [0.05, 0.1) is 5.97 Å². The first-order valence-corrected chi connectivity index (χ1v) is 5.12. The molecule has 0 aromatic rings. The van der Waals surface area contributed by atoms with Crippen molar-refractivity contribution >= 4 is 5.97 Å². The van der Waals surface area contributed by atoms with E-state index in [0.29, 0.717) is 0 Å². The summed E-state index contributed by atoms with van der Waals surface area (Å²) in [5.74, 6) is -0.292. The molecular weight excluding hydrogens is 164 g/mol. The van der Waals surface area contributed by atoms with Gasteiger partial charge < -0.3 is 9.90 Å². The van der Waals surface area contributed by atoms with Gasteiger partial charge in [0.25, 0.3) is 0 Å². The van der Waals surface area contributed by atoms with E-state index >= 15 is 0 Å². The molecule has 0 atom stereocenters. The van der Waals surface area contributed by atoms with Crippen LogP contribution in [-0.4, -0.2) is 5.97 Å². The molecule has 1 fully saturated rings. The van der Waals surface area contributed by atoms with E-state index in [4.69, 9.17) is 0 Å². The van der Waals surface area contributed by atoms with Crippen molar-refractivity contribution in [2.45, 2.75) is 45.4 Å². The van der Waals surface area contributed by atoms with Crippen molar-refractivity contribution < 1.29 is 9.90 Å². The maximum absolute atomic E-state index is 10.2. The Hall–Kier alpha value is -0.790. The van der Waals surface area contributed by atoms with E-state index in [-0.39, 0.29) is 0 Å². The molecule has 0 aromatic heterocycles. The lowest BCUT2D eigenvalue weighted by atomic mass is 9.77. The SMILES string of the molecule is CCCCCC1CC(=CC(=O)[O-])C1. The van der Waals surface area contributed by atoms with Crippen LogP contribution in [0.25, 0.3) is 0 Å². The molecule has 0 N–H and O–H groups in total. The van der Waals surface area contributed by atoms with Crippen LogP contribution in [0.5, 0.6) is 0 Å². The number of carboxylic acid groups (broad SMARTS) is 1. The standard InChI is InChI=1S/C11H18O2/c1-2-3-4-5-9-6-10(7-9)8-11(12)13/h8-9H,2-7H2,1H3,(H,12,13)/p-1. The molecule has 0 aromatic carbocycles. The minimum atomic E-state index is -1.04. The second-order valence-corrected chi connectivity index (χ2v) is 3.89. The minimum Gasteiger partial charge on any atom is -0.545 e. The van der Waals surface area contributed by atoms with Crippen LogP contribution in [-0.2, 0) is 4.79 Å². The molecule has 1 aliphatic carbocycles. The third-order valence-corrected chi connectivity index (χ3v) is 2.64. The van der Waals surface area contributed by atoms with E-state index in [2.05, 4.69) is 6.92 Å². The van der Waals surface area contributed by atoms with Crippen LogP contribution in [0, 0.1) is 5.92 Å². The summed E-state index contributed by atoms with van der Waals surface area (Å²) >= 11 is 0. The zero-order valence-corrected chi connectivity index (χ0v) is 8.21. The molecule has 1 aliphatic rings. The van der Waals surface area contributed by atoms with Gasteiger partial charge in [-0.05, 0) is 31.3 Å². The average Bonchev–Trinajstić information content (AvgIpc) is 1.99. The third kappa shape index (κ3) is 3.62. The lowest BCUT2D eigenvalue weighted by Gasteiger charge is -2.29. The van der Waals surface area contributed by atoms with Crippen LogP contribution in [0.15, 0.2) is 11.6 Å². The van der Waals surface area contributed by atoms with Crippen molar-refractivity contribution in [2.75, 3.05) is 0 Å². The van der Waals surface area contributed by atoms with Crippen molar-refractivity contribution in [1.82, 2.24) is 0 Å². The lowest BCUT2D eigenvalue weighted by molar-refractivity contribution is -0.297. The van der Waals surface area contributed by atoms with Gasteiger partial charge in [0.2, 0.25) is 0 Å². The molecule has 2 nitrogen and oxygen atoms in total. The number of allylic oxidation sites excluding steroid dienone is 1. The third-order valence-electron chi connectivity index (χ3n) is 2.64. The van der Waals surface area contributed by atoms with E-state index in [1.54, 1.807) is 0 Å². The Morgan fingerprint density at radius 1 is 1.54 bits per heavy atom. The Morgan fingerprint density at radius 2 is 2.23 bits per heavy atom. The number of carbonyl (C=O) groups is 1. The second-order valence-electron chi connectivity index (χ2n) is 3.89. The number of unbranched alkanes of at least 4 members (excludes halogenated alkanes) is 2. The maximum atomic E-state index is 10.2. The molecular formula is C11H17O2-. The maximum Gasteiger partial charge on any atom is 0.0642 e. The fraction of sp³-hybridized carbons (Fsp3) is 0.727. The molecule has 0 amide bonds. The smallest absolute Gasteiger partial charge is 0.0642 e. The van der Waals surface area contributed by atoms with E-state index in [1.165, 1.54) is 31.8 Å². The molecule has 13 heavy (non-hydrogen) atoms. The highest BCUT2D eigenvalue weighted by Gasteiger charge is 2.21. The monoisotopic (exact) mass is 181 g/mol. The largest absolute Gasteiger partial charge is 0.545 e. The molecule has 1 rings (SSSR count). The predicted molar refractivity (Wildman–Crippen MR) is 50.0 cm³/mol. The molecule has 74 valence electrons. The normalized spacial score (nSPS) is 21.0. The van der Waals surface area contributed by atoms with Crippen molar-refractivity contribution in [3.63, 3.8) is 0 Å². The van der Waals surface area contributed by atoms with Crippen molar-refractivity contribution in [3.05, 3.63) is 11.6 Å². The summed E-state index contributed by atoms with van der Waals surface area (Å²) in [7, 11) is 0. The summed E-state index contributed by atoms with van der Waals surface area (Å²) in [5.41, 5.74) is 1.06. The van der Waals surface area contributed by atoms with E-state index in [9.17, 15) is 9.90 Å². The molecule has 0 spiro atoms. The first-order valence-electron chi connectivity index (χ1n) is 5.12. The van der Waals surface area contributed by atoms with Gasteiger partial charge in [0, 0.05) is 0 Å². The number of hydrogen-bond donors (Lipinski definition) is 0. The summed E-state index contributed by atoms with van der Waals surface area (Å²) in [6, 6.07) is 0. The first-order chi connectivity index (χ1) is 6.22. The van der Waals surface area contributed by atoms with E-state index in [0.717, 1.165) is 24.3 Å². The fourth-order valence-electron chi connectivity index (χ4n) is 1.85. The molecule has 0 unspecified atom stereocenters. The number of aliphatic carboxylic acids is 1. The average molecular weight is 181 g/mol. The lowest BCUT2D eigenvalue weighted by Crippen LogP contribution is -2.23. The molecule has 2 heteroatoms. The molecule has 0 heterocycles. The van der Waals surface area contributed by atoms with Crippen molar-refractivity contribution in [1.29, 1.82) is 0 Å². The number of carbonyl (C=O) groups excluding carboxylic acids is 1. The zero-order chi connectivity index (χ0) is 9.68. The highest BCUT2D eigenvalue weighted by atomic mass is 16.4. The summed E-state index contributed by atoms with van der Waals surface area (Å²) < 4.78 is 0. The van der Waals surface area contributed by atoms with Gasteiger partial charge in [0.15, 0.2) is 0 Å². The Morgan fingerprint density at radius 3 is 2.77 bits per heavy atom. The molecule has 0 radical (unpaired) electrons. The minimum absolute atomic E-state index is 0.747. The number of hydrogen-bond acceptors (Lipinski definition) is 2. The predicted octanol–water partition coefficient (Wildman–Crippen LogP) is 1.65. The van der Waals surface area contributed by atoms with Crippen LogP contribution < -0.4 is 5.11 Å². The highest BCUT2D eigenvalue weighted by Crippen LogP contribution is 2.36. The molecule has 0 aliphatic heterocycles. The van der Waals surface area contributed by atoms with Gasteiger partial charge in [-0.3, -0.25) is 0 Å². The van der Waals surface area contributed by atoms with Crippen LogP contribution in [0.2, 0.25) is 0 Å². The van der Waals surface area contributed by atoms with Gasteiger partial charge in [-0.15, -0.1) is 0 Å². The van der Waals surface area contributed by atoms with Crippen LogP contribution >= 0.6 is 0 Å². The Bertz CT molecular complexity index is 198. The van der Waals surface area contributed by atoms with Crippen LogP contribution in [0.1, 0.15) is 45.4 Å². The summed E-state index contributed by atoms with van der Waals surface area (Å²) in [6.45, 7) is 2.20. The Kier molecular flexibility index (Phi) is 4.00.